The molecular formula is C13H15NO2. The first kappa shape index (κ1) is 9.70. The van der Waals surface area contributed by atoms with Gasteiger partial charge in [0.25, 0.3) is 0 Å². The molecule has 1 saturated carbocycles. The van der Waals surface area contributed by atoms with Gasteiger partial charge < -0.3 is 10.4 Å². The van der Waals surface area contributed by atoms with Gasteiger partial charge in [0.15, 0.2) is 0 Å². The van der Waals surface area contributed by atoms with Crippen molar-refractivity contribution in [3.63, 3.8) is 0 Å². The second-order valence-electron chi connectivity index (χ2n) is 4.83. The fourth-order valence-corrected chi connectivity index (χ4v) is 3.05. The number of rotatable bonds is 1. The van der Waals surface area contributed by atoms with Crippen molar-refractivity contribution in [2.45, 2.75) is 25.2 Å². The summed E-state index contributed by atoms with van der Waals surface area (Å²) in [5.74, 6) is 0.636. The number of carbonyl (C=O) groups is 1. The number of phenols is 1. The lowest BCUT2D eigenvalue weighted by atomic mass is 9.60. The summed E-state index contributed by atoms with van der Waals surface area (Å²) in [5, 5.41) is 12.8. The monoisotopic (exact) mass is 217 g/mol. The molecule has 1 aliphatic carbocycles. The van der Waals surface area contributed by atoms with Crippen LogP contribution in [0.5, 0.6) is 5.75 Å². The second kappa shape index (κ2) is 3.24. The van der Waals surface area contributed by atoms with E-state index in [0.717, 1.165) is 24.8 Å². The van der Waals surface area contributed by atoms with Gasteiger partial charge in [-0.25, -0.2) is 0 Å². The summed E-state index contributed by atoms with van der Waals surface area (Å²) < 4.78 is 0. The molecule has 1 spiro atoms. The van der Waals surface area contributed by atoms with Gasteiger partial charge in [-0.15, -0.1) is 0 Å². The van der Waals surface area contributed by atoms with E-state index in [1.165, 1.54) is 0 Å². The molecule has 3 nitrogen and oxygen atoms in total. The van der Waals surface area contributed by atoms with Crippen LogP contribution in [0.2, 0.25) is 0 Å². The standard InChI is InChI=1S/C13H15NO2/c15-11-5-2-1-4-9(11)10-8-14-12(16)13(10)6-3-7-13/h1-2,4-5,10,15H,3,6-8H2,(H,14,16)/t10-/m1/s1. The normalized spacial score (nSPS) is 26.5. The van der Waals surface area contributed by atoms with Crippen molar-refractivity contribution in [1.29, 1.82) is 0 Å². The molecule has 84 valence electrons. The van der Waals surface area contributed by atoms with Crippen LogP contribution in [-0.4, -0.2) is 17.6 Å². The van der Waals surface area contributed by atoms with E-state index < -0.39 is 0 Å². The Labute approximate surface area is 94.5 Å². The molecule has 2 fully saturated rings. The minimum absolute atomic E-state index is 0.148. The lowest BCUT2D eigenvalue weighted by Crippen LogP contribution is -2.40. The largest absolute Gasteiger partial charge is 0.508 e. The molecule has 1 atom stereocenters. The average molecular weight is 217 g/mol. The van der Waals surface area contributed by atoms with E-state index in [2.05, 4.69) is 5.32 Å². The smallest absolute Gasteiger partial charge is 0.226 e. The van der Waals surface area contributed by atoms with E-state index in [1.54, 1.807) is 6.07 Å². The zero-order valence-corrected chi connectivity index (χ0v) is 9.07. The quantitative estimate of drug-likeness (QED) is 0.753. The minimum atomic E-state index is -0.223. The first-order valence-corrected chi connectivity index (χ1v) is 5.80. The molecule has 0 radical (unpaired) electrons. The molecule has 1 amide bonds. The maximum absolute atomic E-state index is 11.9. The van der Waals surface area contributed by atoms with Crippen molar-refractivity contribution >= 4 is 5.91 Å². The Kier molecular flexibility index (Phi) is 1.96. The van der Waals surface area contributed by atoms with Crippen LogP contribution in [0.15, 0.2) is 24.3 Å². The van der Waals surface area contributed by atoms with Crippen LogP contribution >= 0.6 is 0 Å². The number of amides is 1. The van der Waals surface area contributed by atoms with E-state index in [4.69, 9.17) is 0 Å². The first-order chi connectivity index (χ1) is 7.74. The third kappa shape index (κ3) is 1.11. The van der Waals surface area contributed by atoms with Gasteiger partial charge in [0.05, 0.1) is 5.41 Å². The van der Waals surface area contributed by atoms with Crippen molar-refractivity contribution in [2.24, 2.45) is 5.41 Å². The van der Waals surface area contributed by atoms with Gasteiger partial charge in [-0.2, -0.15) is 0 Å². The molecular weight excluding hydrogens is 202 g/mol. The fraction of sp³-hybridized carbons (Fsp3) is 0.462. The summed E-state index contributed by atoms with van der Waals surface area (Å²) in [6.45, 7) is 0.663. The number of aromatic hydroxyl groups is 1. The van der Waals surface area contributed by atoms with Crippen molar-refractivity contribution in [3.8, 4) is 5.75 Å². The van der Waals surface area contributed by atoms with Gasteiger partial charge in [0.1, 0.15) is 5.75 Å². The zero-order valence-electron chi connectivity index (χ0n) is 9.07. The van der Waals surface area contributed by atoms with Crippen molar-refractivity contribution in [2.75, 3.05) is 6.54 Å². The number of hydrogen-bond acceptors (Lipinski definition) is 2. The molecule has 2 aliphatic rings. The van der Waals surface area contributed by atoms with Gasteiger partial charge in [-0.05, 0) is 24.5 Å². The second-order valence-corrected chi connectivity index (χ2v) is 4.83. The lowest BCUT2D eigenvalue weighted by molar-refractivity contribution is -0.132. The highest BCUT2D eigenvalue weighted by Crippen LogP contribution is 2.55. The van der Waals surface area contributed by atoms with E-state index >= 15 is 0 Å². The Hall–Kier alpha value is -1.51. The van der Waals surface area contributed by atoms with Crippen LogP contribution in [0.3, 0.4) is 0 Å². The topological polar surface area (TPSA) is 49.3 Å². The average Bonchev–Trinajstić information content (AvgIpc) is 2.56. The van der Waals surface area contributed by atoms with Crippen LogP contribution in [0.4, 0.5) is 0 Å². The summed E-state index contributed by atoms with van der Waals surface area (Å²) in [4.78, 5) is 11.9. The fourth-order valence-electron chi connectivity index (χ4n) is 3.05. The summed E-state index contributed by atoms with van der Waals surface area (Å²) in [7, 11) is 0. The Balaban J connectivity index is 2.02. The molecule has 16 heavy (non-hydrogen) atoms. The molecule has 0 unspecified atom stereocenters. The van der Waals surface area contributed by atoms with Crippen LogP contribution in [0, 0.1) is 5.41 Å². The summed E-state index contributed by atoms with van der Waals surface area (Å²) >= 11 is 0. The Morgan fingerprint density at radius 3 is 2.69 bits per heavy atom. The van der Waals surface area contributed by atoms with Gasteiger partial charge in [0.2, 0.25) is 5.91 Å². The van der Waals surface area contributed by atoms with Crippen LogP contribution in [0.25, 0.3) is 0 Å². The molecule has 0 bridgehead atoms. The van der Waals surface area contributed by atoms with Gasteiger partial charge in [0, 0.05) is 12.5 Å². The Bertz CT molecular complexity index is 437. The summed E-state index contributed by atoms with van der Waals surface area (Å²) in [5.41, 5.74) is 0.694. The first-order valence-electron chi connectivity index (χ1n) is 5.80. The zero-order chi connectivity index (χ0) is 11.2. The van der Waals surface area contributed by atoms with E-state index in [1.807, 2.05) is 18.2 Å². The number of phenolic OH excluding ortho intramolecular Hbond substituents is 1. The molecule has 1 heterocycles. The minimum Gasteiger partial charge on any atom is -0.508 e. The molecule has 1 aromatic carbocycles. The Morgan fingerprint density at radius 1 is 1.31 bits per heavy atom. The summed E-state index contributed by atoms with van der Waals surface area (Å²) in [6, 6.07) is 7.37. The van der Waals surface area contributed by atoms with Crippen LogP contribution < -0.4 is 5.32 Å². The highest BCUT2D eigenvalue weighted by atomic mass is 16.3. The maximum Gasteiger partial charge on any atom is 0.226 e. The third-order valence-corrected chi connectivity index (χ3v) is 4.14. The predicted molar refractivity (Wildman–Crippen MR) is 60.1 cm³/mol. The van der Waals surface area contributed by atoms with Gasteiger partial charge in [-0.1, -0.05) is 24.6 Å². The van der Waals surface area contributed by atoms with E-state index in [-0.39, 0.29) is 17.2 Å². The molecule has 2 N–H and O–H groups in total. The highest BCUT2D eigenvalue weighted by molar-refractivity contribution is 5.87. The highest BCUT2D eigenvalue weighted by Gasteiger charge is 2.54. The van der Waals surface area contributed by atoms with Crippen molar-refractivity contribution in [3.05, 3.63) is 29.8 Å². The van der Waals surface area contributed by atoms with Crippen LogP contribution in [0.1, 0.15) is 30.7 Å². The van der Waals surface area contributed by atoms with Gasteiger partial charge >= 0.3 is 0 Å². The maximum atomic E-state index is 11.9. The molecule has 3 heteroatoms. The molecule has 1 saturated heterocycles. The van der Waals surface area contributed by atoms with E-state index in [9.17, 15) is 9.90 Å². The molecule has 1 aliphatic heterocycles. The van der Waals surface area contributed by atoms with Crippen LogP contribution in [-0.2, 0) is 4.79 Å². The number of hydrogen-bond donors (Lipinski definition) is 2. The number of nitrogens with one attached hydrogen (secondary N) is 1. The van der Waals surface area contributed by atoms with E-state index in [0.29, 0.717) is 12.3 Å². The predicted octanol–water partition coefficient (Wildman–Crippen LogP) is 1.78. The molecule has 3 rings (SSSR count). The SMILES string of the molecule is O=C1NC[C@H](c2ccccc2O)C12CCC2. The number of para-hydroxylation sites is 1. The molecule has 0 aromatic heterocycles. The lowest BCUT2D eigenvalue weighted by Gasteiger charge is -2.40. The molecule has 1 aromatic rings. The number of benzene rings is 1. The van der Waals surface area contributed by atoms with Gasteiger partial charge in [-0.3, -0.25) is 4.79 Å². The van der Waals surface area contributed by atoms with Crippen molar-refractivity contribution in [1.82, 2.24) is 5.32 Å². The number of carbonyl (C=O) groups excluding carboxylic acids is 1. The summed E-state index contributed by atoms with van der Waals surface area (Å²) in [6.07, 6.45) is 3.03. The third-order valence-electron chi connectivity index (χ3n) is 4.14. The Morgan fingerprint density at radius 2 is 2.06 bits per heavy atom. The van der Waals surface area contributed by atoms with Crippen molar-refractivity contribution < 1.29 is 9.90 Å².